The lowest BCUT2D eigenvalue weighted by Crippen LogP contribution is -2.32. The molecule has 1 aromatic rings. The summed E-state index contributed by atoms with van der Waals surface area (Å²) in [6.07, 6.45) is 0. The maximum Gasteiger partial charge on any atom is 0.106 e. The Balaban J connectivity index is 2.38. The fraction of sp³-hybridized carbons (Fsp3) is 0.545. The van der Waals surface area contributed by atoms with Crippen molar-refractivity contribution in [1.29, 1.82) is 0 Å². The summed E-state index contributed by atoms with van der Waals surface area (Å²) < 4.78 is 0.850. The fourth-order valence-electron chi connectivity index (χ4n) is 1.13. The Bertz CT molecular complexity index is 315. The van der Waals surface area contributed by atoms with E-state index in [-0.39, 0.29) is 12.0 Å². The monoisotopic (exact) mass is 272 g/mol. The molecule has 0 aliphatic heterocycles. The van der Waals surface area contributed by atoms with E-state index in [0.717, 1.165) is 23.4 Å². The lowest BCUT2D eigenvalue weighted by molar-refractivity contribution is 0.156. The number of hydrogen-bond acceptors (Lipinski definition) is 3. The number of aliphatic hydroxyl groups excluding tert-OH is 1. The Morgan fingerprint density at radius 1 is 1.47 bits per heavy atom. The number of halogens is 1. The third-order valence-electron chi connectivity index (χ3n) is 2.11. The topological polar surface area (TPSA) is 45.1 Å². The number of aromatic nitrogens is 1. The van der Waals surface area contributed by atoms with Crippen LogP contribution in [-0.4, -0.2) is 23.2 Å². The summed E-state index contributed by atoms with van der Waals surface area (Å²) in [7, 11) is 0. The molecule has 0 atom stereocenters. The van der Waals surface area contributed by atoms with Crippen molar-refractivity contribution < 1.29 is 5.11 Å². The van der Waals surface area contributed by atoms with Gasteiger partial charge in [0.05, 0.1) is 5.69 Å². The van der Waals surface area contributed by atoms with Gasteiger partial charge in [-0.1, -0.05) is 19.9 Å². The summed E-state index contributed by atoms with van der Waals surface area (Å²) in [6, 6.07) is 5.84. The highest BCUT2D eigenvalue weighted by atomic mass is 79.9. The van der Waals surface area contributed by atoms with Crippen molar-refractivity contribution in [2.45, 2.75) is 20.4 Å². The second kappa shape index (κ2) is 5.58. The van der Waals surface area contributed by atoms with Crippen molar-refractivity contribution in [3.8, 4) is 0 Å². The summed E-state index contributed by atoms with van der Waals surface area (Å²) in [4.78, 5) is 4.31. The van der Waals surface area contributed by atoms with Crippen LogP contribution in [0.2, 0.25) is 0 Å². The Labute approximate surface area is 99.1 Å². The largest absolute Gasteiger partial charge is 0.396 e. The molecule has 0 aliphatic rings. The van der Waals surface area contributed by atoms with Crippen molar-refractivity contribution in [1.82, 2.24) is 10.3 Å². The first kappa shape index (κ1) is 12.6. The predicted octanol–water partition coefficient (Wildman–Crippen LogP) is 1.95. The first-order valence-electron chi connectivity index (χ1n) is 4.96. The second-order valence-electron chi connectivity index (χ2n) is 4.38. The van der Waals surface area contributed by atoms with Gasteiger partial charge in [0.2, 0.25) is 0 Å². The maximum absolute atomic E-state index is 9.07. The smallest absolute Gasteiger partial charge is 0.106 e. The number of aliphatic hydroxyl groups is 1. The summed E-state index contributed by atoms with van der Waals surface area (Å²) in [5.41, 5.74) is 0.921. The molecule has 0 bridgehead atoms. The molecule has 15 heavy (non-hydrogen) atoms. The van der Waals surface area contributed by atoms with Gasteiger partial charge in [-0.25, -0.2) is 4.98 Å². The molecule has 0 amide bonds. The van der Waals surface area contributed by atoms with Gasteiger partial charge >= 0.3 is 0 Å². The van der Waals surface area contributed by atoms with Crippen LogP contribution in [0.4, 0.5) is 0 Å². The van der Waals surface area contributed by atoms with Gasteiger partial charge in [0.1, 0.15) is 4.60 Å². The number of hydrogen-bond donors (Lipinski definition) is 2. The highest BCUT2D eigenvalue weighted by Crippen LogP contribution is 2.12. The van der Waals surface area contributed by atoms with Crippen LogP contribution in [0.1, 0.15) is 19.5 Å². The van der Waals surface area contributed by atoms with E-state index in [1.165, 1.54) is 0 Å². The van der Waals surface area contributed by atoms with Gasteiger partial charge in [0.15, 0.2) is 0 Å². The molecule has 0 aliphatic carbocycles. The van der Waals surface area contributed by atoms with Gasteiger partial charge in [-0.2, -0.15) is 0 Å². The second-order valence-corrected chi connectivity index (χ2v) is 5.19. The van der Waals surface area contributed by atoms with E-state index < -0.39 is 0 Å². The Kier molecular flexibility index (Phi) is 4.70. The molecule has 0 spiro atoms. The summed E-state index contributed by atoms with van der Waals surface area (Å²) >= 11 is 3.33. The third kappa shape index (κ3) is 4.73. The molecule has 0 aromatic carbocycles. The highest BCUT2D eigenvalue weighted by Gasteiger charge is 2.15. The molecule has 0 fully saturated rings. The minimum atomic E-state index is -0.0774. The van der Waals surface area contributed by atoms with Crippen molar-refractivity contribution in [2.75, 3.05) is 13.2 Å². The fourth-order valence-corrected chi connectivity index (χ4v) is 1.51. The third-order valence-corrected chi connectivity index (χ3v) is 2.55. The molecule has 0 radical (unpaired) electrons. The van der Waals surface area contributed by atoms with E-state index >= 15 is 0 Å². The summed E-state index contributed by atoms with van der Waals surface area (Å²) in [5.74, 6) is 0. The van der Waals surface area contributed by atoms with Crippen molar-refractivity contribution in [3.63, 3.8) is 0 Å². The molecule has 1 heterocycles. The number of pyridine rings is 1. The molecular weight excluding hydrogens is 256 g/mol. The van der Waals surface area contributed by atoms with E-state index in [4.69, 9.17) is 5.11 Å². The first-order valence-corrected chi connectivity index (χ1v) is 5.76. The molecule has 1 rings (SSSR count). The number of nitrogens with one attached hydrogen (secondary N) is 1. The Morgan fingerprint density at radius 3 is 2.80 bits per heavy atom. The SMILES string of the molecule is CC(C)(CO)CNCc1cccc(Br)n1. The Morgan fingerprint density at radius 2 is 2.20 bits per heavy atom. The van der Waals surface area contributed by atoms with E-state index in [1.54, 1.807) is 0 Å². The molecule has 0 unspecified atom stereocenters. The minimum absolute atomic E-state index is 0.0774. The van der Waals surface area contributed by atoms with Crippen LogP contribution < -0.4 is 5.32 Å². The standard InChI is InChI=1S/C11H17BrN2O/c1-11(2,8-15)7-13-6-9-4-3-5-10(12)14-9/h3-5,13,15H,6-8H2,1-2H3. The first-order chi connectivity index (χ1) is 7.03. The van der Waals surface area contributed by atoms with Crippen LogP contribution in [0.3, 0.4) is 0 Å². The van der Waals surface area contributed by atoms with Crippen LogP contribution >= 0.6 is 15.9 Å². The highest BCUT2D eigenvalue weighted by molar-refractivity contribution is 9.10. The maximum atomic E-state index is 9.07. The summed E-state index contributed by atoms with van der Waals surface area (Å²) in [6.45, 7) is 5.73. The normalized spacial score (nSPS) is 11.7. The van der Waals surface area contributed by atoms with E-state index in [9.17, 15) is 0 Å². The molecule has 0 saturated heterocycles. The van der Waals surface area contributed by atoms with Crippen LogP contribution in [0.25, 0.3) is 0 Å². The van der Waals surface area contributed by atoms with Gasteiger partial charge in [-0.05, 0) is 28.1 Å². The molecule has 2 N–H and O–H groups in total. The average Bonchev–Trinajstić information content (AvgIpc) is 2.18. The van der Waals surface area contributed by atoms with Gasteiger partial charge in [0.25, 0.3) is 0 Å². The number of rotatable bonds is 5. The molecule has 84 valence electrons. The molecule has 0 saturated carbocycles. The van der Waals surface area contributed by atoms with Gasteiger partial charge < -0.3 is 10.4 Å². The Hall–Kier alpha value is -0.450. The van der Waals surface area contributed by atoms with E-state index in [2.05, 4.69) is 26.2 Å². The zero-order chi connectivity index (χ0) is 11.3. The zero-order valence-corrected chi connectivity index (χ0v) is 10.7. The van der Waals surface area contributed by atoms with Crippen molar-refractivity contribution in [2.24, 2.45) is 5.41 Å². The number of nitrogens with zero attached hydrogens (tertiary/aromatic N) is 1. The molecule has 3 nitrogen and oxygen atoms in total. The zero-order valence-electron chi connectivity index (χ0n) is 9.13. The van der Waals surface area contributed by atoms with E-state index in [1.807, 2.05) is 32.0 Å². The van der Waals surface area contributed by atoms with Crippen molar-refractivity contribution >= 4 is 15.9 Å². The summed E-state index contributed by atoms with van der Waals surface area (Å²) in [5, 5.41) is 12.3. The minimum Gasteiger partial charge on any atom is -0.396 e. The molecular formula is C11H17BrN2O. The molecule has 4 heteroatoms. The molecule has 1 aromatic heterocycles. The lowest BCUT2D eigenvalue weighted by atomic mass is 9.95. The average molecular weight is 273 g/mol. The van der Waals surface area contributed by atoms with Crippen molar-refractivity contribution in [3.05, 3.63) is 28.5 Å². The quantitative estimate of drug-likeness (QED) is 0.806. The van der Waals surface area contributed by atoms with Crippen LogP contribution in [0, 0.1) is 5.41 Å². The van der Waals surface area contributed by atoms with Crippen LogP contribution in [0.15, 0.2) is 22.8 Å². The van der Waals surface area contributed by atoms with Gasteiger partial charge in [-0.15, -0.1) is 0 Å². The predicted molar refractivity (Wildman–Crippen MR) is 64.5 cm³/mol. The van der Waals surface area contributed by atoms with Crippen LogP contribution in [0.5, 0.6) is 0 Å². The van der Waals surface area contributed by atoms with E-state index in [0.29, 0.717) is 0 Å². The van der Waals surface area contributed by atoms with Gasteiger partial charge in [0, 0.05) is 25.1 Å². The van der Waals surface area contributed by atoms with Gasteiger partial charge in [-0.3, -0.25) is 0 Å². The lowest BCUT2D eigenvalue weighted by Gasteiger charge is -2.21. The van der Waals surface area contributed by atoms with Crippen LogP contribution in [-0.2, 0) is 6.54 Å².